The van der Waals surface area contributed by atoms with Gasteiger partial charge in [0.1, 0.15) is 12.7 Å². The van der Waals surface area contributed by atoms with Gasteiger partial charge in [-0.3, -0.25) is 13.8 Å². The molecule has 4 N–H and O–H groups in total. The van der Waals surface area contributed by atoms with Crippen molar-refractivity contribution in [1.29, 1.82) is 0 Å². The molecular weight excluding hydrogens is 721 g/mol. The van der Waals surface area contributed by atoms with Crippen molar-refractivity contribution in [3.05, 3.63) is 146 Å². The van der Waals surface area contributed by atoms with E-state index in [1.807, 2.05) is 0 Å². The average Bonchev–Trinajstić information content (AvgIpc) is 3.19. The van der Waals surface area contributed by atoms with Gasteiger partial charge in [0, 0.05) is 13.0 Å². The fourth-order valence-corrected chi connectivity index (χ4v) is 5.26. The Kier molecular flexibility index (Phi) is 39.8. The molecule has 8 nitrogen and oxygen atoms in total. The molecule has 0 aromatic heterocycles. The Morgan fingerprint density at radius 3 is 1.21 bits per heavy atom. The van der Waals surface area contributed by atoms with E-state index in [0.29, 0.717) is 6.42 Å². The number of aliphatic hydroxyl groups is 1. The number of phosphoric ester groups is 1. The molecule has 0 spiro atoms. The van der Waals surface area contributed by atoms with Gasteiger partial charge in [0.25, 0.3) is 0 Å². The Morgan fingerprint density at radius 1 is 0.536 bits per heavy atom. The van der Waals surface area contributed by atoms with Crippen molar-refractivity contribution in [2.24, 2.45) is 5.73 Å². The number of phosphoric acid groups is 1. The summed E-state index contributed by atoms with van der Waals surface area (Å²) in [5.74, 6) is -0.435. The highest BCUT2D eigenvalue weighted by atomic mass is 31.2. The fourth-order valence-electron chi connectivity index (χ4n) is 4.49. The van der Waals surface area contributed by atoms with Crippen molar-refractivity contribution >= 4 is 13.8 Å². The zero-order chi connectivity index (χ0) is 40.9. The Balaban J connectivity index is 3.69. The van der Waals surface area contributed by atoms with E-state index in [1.165, 1.54) is 0 Å². The van der Waals surface area contributed by atoms with Crippen LogP contribution >= 0.6 is 7.82 Å². The number of aliphatic hydroxyl groups excluding tert-OH is 1. The third-order valence-corrected chi connectivity index (χ3v) is 8.45. The largest absolute Gasteiger partial charge is 0.472 e. The van der Waals surface area contributed by atoms with E-state index in [9.17, 15) is 19.4 Å². The van der Waals surface area contributed by atoms with Crippen LogP contribution in [-0.4, -0.2) is 48.4 Å². The molecule has 0 aromatic carbocycles. The molecule has 0 aliphatic rings. The van der Waals surface area contributed by atoms with Gasteiger partial charge in [-0.25, -0.2) is 4.57 Å². The molecule has 0 radical (unpaired) electrons. The van der Waals surface area contributed by atoms with Crippen molar-refractivity contribution in [3.8, 4) is 0 Å². The number of allylic oxidation sites excluding steroid dienone is 24. The number of hydrogen-bond acceptors (Lipinski definition) is 7. The van der Waals surface area contributed by atoms with Gasteiger partial charge in [-0.05, 0) is 96.3 Å². The Labute approximate surface area is 339 Å². The van der Waals surface area contributed by atoms with Crippen molar-refractivity contribution in [1.82, 2.24) is 0 Å². The number of unbranched alkanes of at least 4 members (excludes halogenated alkanes) is 2. The minimum absolute atomic E-state index is 0.0602. The van der Waals surface area contributed by atoms with Gasteiger partial charge < -0.3 is 20.5 Å². The maximum Gasteiger partial charge on any atom is 0.472 e. The molecule has 0 rings (SSSR count). The van der Waals surface area contributed by atoms with Crippen molar-refractivity contribution in [3.63, 3.8) is 0 Å². The Morgan fingerprint density at radius 2 is 0.875 bits per heavy atom. The molecule has 0 aliphatic carbocycles. The van der Waals surface area contributed by atoms with Crippen molar-refractivity contribution in [2.45, 2.75) is 116 Å². The summed E-state index contributed by atoms with van der Waals surface area (Å²) in [5.41, 5.74) is 5.19. The predicted octanol–water partition coefficient (Wildman–Crippen LogP) is 11.9. The highest BCUT2D eigenvalue weighted by molar-refractivity contribution is 7.47. The topological polar surface area (TPSA) is 128 Å². The summed E-state index contributed by atoms with van der Waals surface area (Å²) in [6.45, 7) is 1.25. The third-order valence-electron chi connectivity index (χ3n) is 7.47. The first-order valence-corrected chi connectivity index (χ1v) is 21.9. The number of nitrogens with two attached hydrogens (primary N) is 1. The van der Waals surface area contributed by atoms with Crippen LogP contribution < -0.4 is 5.73 Å². The van der Waals surface area contributed by atoms with E-state index in [2.05, 4.69) is 162 Å². The lowest BCUT2D eigenvalue weighted by atomic mass is 10.2. The fraction of sp³-hybridized carbons (Fsp3) is 0.468. The molecule has 0 bridgehead atoms. The van der Waals surface area contributed by atoms with Gasteiger partial charge in [0.05, 0.1) is 13.2 Å². The van der Waals surface area contributed by atoms with Crippen molar-refractivity contribution in [2.75, 3.05) is 26.4 Å². The molecule has 0 aliphatic heterocycles. The minimum Gasteiger partial charge on any atom is -0.463 e. The Hall–Kier alpha value is -3.62. The maximum atomic E-state index is 11.8. The second-order valence-electron chi connectivity index (χ2n) is 12.6. The molecule has 2 atom stereocenters. The summed E-state index contributed by atoms with van der Waals surface area (Å²) in [7, 11) is -4.27. The van der Waals surface area contributed by atoms with Crippen LogP contribution in [0.2, 0.25) is 0 Å². The molecule has 0 heterocycles. The van der Waals surface area contributed by atoms with E-state index >= 15 is 0 Å². The first-order chi connectivity index (χ1) is 27.4. The monoisotopic (exact) mass is 794 g/mol. The first-order valence-electron chi connectivity index (χ1n) is 20.4. The third kappa shape index (κ3) is 43.1. The molecule has 0 amide bonds. The quantitative estimate of drug-likeness (QED) is 0.0248. The highest BCUT2D eigenvalue weighted by Gasteiger charge is 2.22. The second kappa shape index (κ2) is 42.5. The number of carbonyl (C=O) groups is 1. The molecule has 312 valence electrons. The van der Waals surface area contributed by atoms with E-state index in [0.717, 1.165) is 89.9 Å². The number of hydrogen-bond donors (Lipinski definition) is 3. The maximum absolute atomic E-state index is 11.8. The van der Waals surface area contributed by atoms with Gasteiger partial charge >= 0.3 is 13.8 Å². The van der Waals surface area contributed by atoms with Crippen molar-refractivity contribution < 1.29 is 33.1 Å². The smallest absolute Gasteiger partial charge is 0.463 e. The van der Waals surface area contributed by atoms with Gasteiger partial charge in [-0.2, -0.15) is 0 Å². The summed E-state index contributed by atoms with van der Waals surface area (Å²) in [4.78, 5) is 21.2. The summed E-state index contributed by atoms with van der Waals surface area (Å²) in [6.07, 6.45) is 66.0. The summed E-state index contributed by atoms with van der Waals surface area (Å²) in [5, 5.41) is 9.75. The lowest BCUT2D eigenvalue weighted by Gasteiger charge is -2.15. The van der Waals surface area contributed by atoms with E-state index in [1.54, 1.807) is 0 Å². The zero-order valence-corrected chi connectivity index (χ0v) is 34.9. The molecule has 0 saturated carbocycles. The predicted molar refractivity (Wildman–Crippen MR) is 237 cm³/mol. The van der Waals surface area contributed by atoms with Gasteiger partial charge in [-0.15, -0.1) is 0 Å². The van der Waals surface area contributed by atoms with Gasteiger partial charge in [0.15, 0.2) is 0 Å². The average molecular weight is 794 g/mol. The summed E-state index contributed by atoms with van der Waals surface area (Å²) >= 11 is 0. The number of esters is 1. The lowest BCUT2D eigenvalue weighted by Crippen LogP contribution is -2.23. The highest BCUT2D eigenvalue weighted by Crippen LogP contribution is 2.42. The van der Waals surface area contributed by atoms with Crippen LogP contribution in [0.1, 0.15) is 110 Å². The van der Waals surface area contributed by atoms with Gasteiger partial charge in [-0.1, -0.05) is 153 Å². The summed E-state index contributed by atoms with van der Waals surface area (Å²) < 4.78 is 25.7. The van der Waals surface area contributed by atoms with E-state index in [4.69, 9.17) is 10.5 Å². The minimum atomic E-state index is -4.27. The molecule has 0 saturated heterocycles. The van der Waals surface area contributed by atoms with Crippen LogP contribution in [-0.2, 0) is 23.1 Å². The molecule has 56 heavy (non-hydrogen) atoms. The van der Waals surface area contributed by atoms with Crippen LogP contribution in [0, 0.1) is 0 Å². The molecular formula is C47H72NO7P. The number of ether oxygens (including phenoxy) is 1. The zero-order valence-electron chi connectivity index (χ0n) is 34.0. The second-order valence-corrected chi connectivity index (χ2v) is 14.1. The number of rotatable bonds is 36. The SMILES string of the molecule is CC/C=C\C/C=C\C/C=C\C/C=C\C/C=C\C/C=C\C/C=C\C/C=C\C/C=C\C/C=C\C/C=C\C/C=C\CCCCC(=O)OCC(O)COP(=O)(O)OCCN. The molecule has 0 aromatic rings. The standard InChI is InChI=1S/C47H72NO7P/c1-2-3-4-5-6-7-8-9-10-11-12-13-14-15-16-17-18-19-20-21-22-23-24-25-26-27-28-29-30-31-32-33-34-35-36-37-38-39-40-41-47(50)53-44-46(49)45-55-56(51,52)54-43-42-48/h3-4,6-7,9-10,12-13,15-16,18-19,21-22,24-25,27-28,30-31,33-34,36-37,46,49H,2,5,8,11,14,17,20,23,26,29,32,35,38-45,48H2,1H3,(H,51,52)/b4-3-,7-6-,10-9-,13-12-,16-15-,19-18-,22-21-,25-24-,28-27-,31-30-,34-33-,37-36-. The molecule has 2 unspecified atom stereocenters. The van der Waals surface area contributed by atoms with Crippen LogP contribution in [0.5, 0.6) is 0 Å². The van der Waals surface area contributed by atoms with Crippen LogP contribution in [0.4, 0.5) is 0 Å². The lowest BCUT2D eigenvalue weighted by molar-refractivity contribution is -0.147. The van der Waals surface area contributed by atoms with Crippen LogP contribution in [0.3, 0.4) is 0 Å². The normalized spacial score (nSPS) is 15.0. The molecule has 0 fully saturated rings. The van der Waals surface area contributed by atoms with Crippen LogP contribution in [0.15, 0.2) is 146 Å². The van der Waals surface area contributed by atoms with E-state index < -0.39 is 26.5 Å². The first kappa shape index (κ1) is 52.4. The van der Waals surface area contributed by atoms with Crippen LogP contribution in [0.25, 0.3) is 0 Å². The number of carbonyl (C=O) groups excluding carboxylic acids is 1. The van der Waals surface area contributed by atoms with Gasteiger partial charge in [0.2, 0.25) is 0 Å². The molecule has 9 heteroatoms. The summed E-state index contributed by atoms with van der Waals surface area (Å²) in [6, 6.07) is 0. The Bertz CT molecular complexity index is 1350. The van der Waals surface area contributed by atoms with E-state index in [-0.39, 0.29) is 26.2 Å².